The van der Waals surface area contributed by atoms with Crippen molar-refractivity contribution in [3.8, 4) is 0 Å². The smallest absolute Gasteiger partial charge is 0.240 e. The summed E-state index contributed by atoms with van der Waals surface area (Å²) in [6.07, 6.45) is 4.24. The molecular formula is C24H30N2O3S. The predicted octanol–water partition coefficient (Wildman–Crippen LogP) is 4.55. The molecule has 0 aliphatic rings. The van der Waals surface area contributed by atoms with E-state index < -0.39 is 10.0 Å². The Morgan fingerprint density at radius 2 is 1.73 bits per heavy atom. The first-order valence-electron chi connectivity index (χ1n) is 10.3. The van der Waals surface area contributed by atoms with Gasteiger partial charge in [0.2, 0.25) is 10.0 Å². The molecule has 0 aliphatic carbocycles. The molecule has 3 rings (SSSR count). The molecule has 0 spiro atoms. The second-order valence-electron chi connectivity index (χ2n) is 7.34. The largest absolute Gasteiger partial charge is 0.383 e. The van der Waals surface area contributed by atoms with Crippen LogP contribution in [0.2, 0.25) is 0 Å². The van der Waals surface area contributed by atoms with Gasteiger partial charge >= 0.3 is 0 Å². The molecule has 0 aliphatic heterocycles. The third kappa shape index (κ3) is 5.59. The first-order valence-corrected chi connectivity index (χ1v) is 11.8. The van der Waals surface area contributed by atoms with Crippen LogP contribution in [0.15, 0.2) is 77.8 Å². The second kappa shape index (κ2) is 10.6. The molecule has 6 heteroatoms. The maximum absolute atomic E-state index is 12.4. The van der Waals surface area contributed by atoms with Gasteiger partial charge in [0.1, 0.15) is 0 Å². The summed E-state index contributed by atoms with van der Waals surface area (Å²) in [5.41, 5.74) is 3.46. The SMILES string of the molecule is CCCC(c1ccc(CNS(=O)(=O)c2ccccc2)cc1)c1cccn1CCOC. The molecule has 0 saturated heterocycles. The molecule has 1 unspecified atom stereocenters. The number of nitrogens with zero attached hydrogens (tertiary/aromatic N) is 1. The van der Waals surface area contributed by atoms with E-state index in [1.54, 1.807) is 37.4 Å². The Hall–Kier alpha value is -2.41. The van der Waals surface area contributed by atoms with Crippen LogP contribution in [0.1, 0.15) is 42.5 Å². The van der Waals surface area contributed by atoms with Gasteiger partial charge < -0.3 is 9.30 Å². The number of methoxy groups -OCH3 is 1. The number of aromatic nitrogens is 1. The van der Waals surface area contributed by atoms with Crippen molar-refractivity contribution >= 4 is 10.0 Å². The highest BCUT2D eigenvalue weighted by Gasteiger charge is 2.17. The van der Waals surface area contributed by atoms with Gasteiger partial charge in [0.15, 0.2) is 0 Å². The molecule has 1 aromatic heterocycles. The first kappa shape index (κ1) is 22.3. The molecule has 160 valence electrons. The Morgan fingerprint density at radius 3 is 2.40 bits per heavy atom. The number of nitrogens with one attached hydrogen (secondary N) is 1. The van der Waals surface area contributed by atoms with Crippen LogP contribution in [0.25, 0.3) is 0 Å². The van der Waals surface area contributed by atoms with Crippen LogP contribution in [-0.4, -0.2) is 26.7 Å². The Labute approximate surface area is 179 Å². The van der Waals surface area contributed by atoms with Gasteiger partial charge in [-0.2, -0.15) is 0 Å². The molecule has 0 bridgehead atoms. The summed E-state index contributed by atoms with van der Waals surface area (Å²) in [7, 11) is -1.79. The second-order valence-corrected chi connectivity index (χ2v) is 9.11. The van der Waals surface area contributed by atoms with Crippen molar-refractivity contribution in [1.82, 2.24) is 9.29 Å². The lowest BCUT2D eigenvalue weighted by Crippen LogP contribution is -2.23. The minimum absolute atomic E-state index is 0.264. The highest BCUT2D eigenvalue weighted by molar-refractivity contribution is 7.89. The van der Waals surface area contributed by atoms with Crippen molar-refractivity contribution in [2.24, 2.45) is 0 Å². The van der Waals surface area contributed by atoms with Crippen LogP contribution in [0.4, 0.5) is 0 Å². The van der Waals surface area contributed by atoms with Crippen molar-refractivity contribution in [2.45, 2.75) is 43.7 Å². The van der Waals surface area contributed by atoms with Gasteiger partial charge in [0.05, 0.1) is 11.5 Å². The summed E-state index contributed by atoms with van der Waals surface area (Å²) in [5.74, 6) is 0.303. The van der Waals surface area contributed by atoms with Gasteiger partial charge in [-0.1, -0.05) is 55.8 Å². The third-order valence-electron chi connectivity index (χ3n) is 5.24. The van der Waals surface area contributed by atoms with E-state index in [-0.39, 0.29) is 11.4 Å². The fraction of sp³-hybridized carbons (Fsp3) is 0.333. The number of ether oxygens (including phenoxy) is 1. The summed E-state index contributed by atoms with van der Waals surface area (Å²) < 4.78 is 35.0. The monoisotopic (exact) mass is 426 g/mol. The van der Waals surface area contributed by atoms with Crippen molar-refractivity contribution < 1.29 is 13.2 Å². The van der Waals surface area contributed by atoms with Crippen LogP contribution in [0, 0.1) is 0 Å². The Balaban J connectivity index is 1.72. The van der Waals surface area contributed by atoms with Crippen LogP contribution in [0.5, 0.6) is 0 Å². The fourth-order valence-corrected chi connectivity index (χ4v) is 4.68. The highest BCUT2D eigenvalue weighted by Crippen LogP contribution is 2.30. The quantitative estimate of drug-likeness (QED) is 0.489. The van der Waals surface area contributed by atoms with Gasteiger partial charge in [-0.3, -0.25) is 0 Å². The lowest BCUT2D eigenvalue weighted by atomic mass is 9.90. The highest BCUT2D eigenvalue weighted by atomic mass is 32.2. The summed E-state index contributed by atoms with van der Waals surface area (Å²) in [4.78, 5) is 0.279. The average molecular weight is 427 g/mol. The van der Waals surface area contributed by atoms with Crippen LogP contribution in [-0.2, 0) is 27.8 Å². The molecule has 0 amide bonds. The van der Waals surface area contributed by atoms with E-state index in [4.69, 9.17) is 4.74 Å². The van der Waals surface area contributed by atoms with E-state index in [2.05, 4.69) is 46.7 Å². The minimum atomic E-state index is -3.51. The average Bonchev–Trinajstić information content (AvgIpc) is 3.24. The van der Waals surface area contributed by atoms with Crippen LogP contribution < -0.4 is 4.72 Å². The molecule has 1 atom stereocenters. The van der Waals surface area contributed by atoms with Crippen molar-refractivity contribution in [2.75, 3.05) is 13.7 Å². The Morgan fingerprint density at radius 1 is 1.00 bits per heavy atom. The number of hydrogen-bond acceptors (Lipinski definition) is 3. The zero-order chi connectivity index (χ0) is 21.4. The molecule has 0 fully saturated rings. The van der Waals surface area contributed by atoms with Gasteiger partial charge in [0, 0.05) is 38.0 Å². The van der Waals surface area contributed by atoms with Gasteiger partial charge in [-0.15, -0.1) is 0 Å². The Kier molecular flexibility index (Phi) is 7.85. The zero-order valence-electron chi connectivity index (χ0n) is 17.6. The van der Waals surface area contributed by atoms with E-state index in [1.807, 2.05) is 12.1 Å². The molecule has 1 heterocycles. The fourth-order valence-electron chi connectivity index (χ4n) is 3.64. The number of hydrogen-bond donors (Lipinski definition) is 1. The number of benzene rings is 2. The van der Waals surface area contributed by atoms with Crippen LogP contribution in [0.3, 0.4) is 0 Å². The summed E-state index contributed by atoms with van der Waals surface area (Å²) in [5, 5.41) is 0. The molecule has 5 nitrogen and oxygen atoms in total. The molecule has 0 saturated carbocycles. The van der Waals surface area contributed by atoms with E-state index in [9.17, 15) is 8.42 Å². The molecule has 3 aromatic rings. The molecule has 2 aromatic carbocycles. The van der Waals surface area contributed by atoms with Gasteiger partial charge in [-0.05, 0) is 41.8 Å². The van der Waals surface area contributed by atoms with Crippen LogP contribution >= 0.6 is 0 Å². The standard InChI is InChI=1S/C24H30N2O3S/c1-3-8-23(24-11-7-16-26(24)17-18-29-2)21-14-12-20(13-15-21)19-25-30(27,28)22-9-5-4-6-10-22/h4-7,9-16,23,25H,3,8,17-19H2,1-2H3. The zero-order valence-corrected chi connectivity index (χ0v) is 18.4. The predicted molar refractivity (Wildman–Crippen MR) is 120 cm³/mol. The summed E-state index contributed by atoms with van der Waals surface area (Å²) >= 11 is 0. The molecule has 1 N–H and O–H groups in total. The normalized spacial score (nSPS) is 12.7. The number of sulfonamides is 1. The Bertz CT molecular complexity index is 1010. The summed E-state index contributed by atoms with van der Waals surface area (Å²) in [6, 6.07) is 20.9. The maximum Gasteiger partial charge on any atom is 0.240 e. The maximum atomic E-state index is 12.4. The van der Waals surface area contributed by atoms with Gasteiger partial charge in [-0.25, -0.2) is 13.1 Å². The lowest BCUT2D eigenvalue weighted by Gasteiger charge is -2.20. The van der Waals surface area contributed by atoms with Crippen molar-refractivity contribution in [3.05, 3.63) is 89.7 Å². The lowest BCUT2D eigenvalue weighted by molar-refractivity contribution is 0.186. The topological polar surface area (TPSA) is 60.3 Å². The minimum Gasteiger partial charge on any atom is -0.383 e. The van der Waals surface area contributed by atoms with E-state index in [0.29, 0.717) is 12.5 Å². The molecule has 0 radical (unpaired) electrons. The van der Waals surface area contributed by atoms with E-state index in [1.165, 1.54) is 11.3 Å². The van der Waals surface area contributed by atoms with Gasteiger partial charge in [0.25, 0.3) is 0 Å². The first-order chi connectivity index (χ1) is 14.5. The molecule has 30 heavy (non-hydrogen) atoms. The van der Waals surface area contributed by atoms with E-state index in [0.717, 1.165) is 24.9 Å². The third-order valence-corrected chi connectivity index (χ3v) is 6.65. The van der Waals surface area contributed by atoms with Crippen molar-refractivity contribution in [3.63, 3.8) is 0 Å². The summed E-state index contributed by atoms with van der Waals surface area (Å²) in [6.45, 7) is 3.97. The number of rotatable bonds is 11. The van der Waals surface area contributed by atoms with E-state index >= 15 is 0 Å². The molecular weight excluding hydrogens is 396 g/mol. The van der Waals surface area contributed by atoms with Crippen molar-refractivity contribution in [1.29, 1.82) is 0 Å².